The van der Waals surface area contributed by atoms with Crippen LogP contribution in [0.4, 0.5) is 10.5 Å². The minimum absolute atomic E-state index is 0.00307. The Kier molecular flexibility index (Phi) is 5.66. The molecule has 2 amide bonds. The molecular formula is C19H17N2O5S-. The van der Waals surface area contributed by atoms with Crippen LogP contribution in [0.25, 0.3) is 0 Å². The lowest BCUT2D eigenvalue weighted by molar-refractivity contribution is -0.255. The second-order valence-corrected chi connectivity index (χ2v) is 6.83. The van der Waals surface area contributed by atoms with Gasteiger partial charge in [-0.3, -0.25) is 14.5 Å². The summed E-state index contributed by atoms with van der Waals surface area (Å²) in [6.45, 7) is 2.46. The molecular weight excluding hydrogens is 368 g/mol. The van der Waals surface area contributed by atoms with Crippen LogP contribution >= 0.6 is 11.8 Å². The van der Waals surface area contributed by atoms with Crippen molar-refractivity contribution in [1.82, 2.24) is 4.90 Å². The van der Waals surface area contributed by atoms with Crippen LogP contribution in [0, 0.1) is 0 Å². The molecule has 0 aromatic heterocycles. The maximum Gasteiger partial charge on any atom is 0.291 e. The predicted octanol–water partition coefficient (Wildman–Crippen LogP) is 2.08. The normalized spacial score (nSPS) is 16.5. The number of rotatable bonds is 7. The number of imide groups is 1. The van der Waals surface area contributed by atoms with E-state index < -0.39 is 11.3 Å². The number of hydrogen-bond acceptors (Lipinski definition) is 7. The van der Waals surface area contributed by atoms with Crippen molar-refractivity contribution in [3.05, 3.63) is 59.7 Å². The molecule has 1 fully saturated rings. The molecule has 1 aliphatic heterocycles. The second-order valence-electron chi connectivity index (χ2n) is 5.78. The summed E-state index contributed by atoms with van der Waals surface area (Å²) < 4.78 is 5.37. The lowest BCUT2D eigenvalue weighted by Crippen LogP contribution is -2.34. The number of ether oxygens (including phenoxy) is 1. The van der Waals surface area contributed by atoms with E-state index in [0.29, 0.717) is 17.9 Å². The van der Waals surface area contributed by atoms with Crippen LogP contribution < -0.4 is 15.2 Å². The van der Waals surface area contributed by atoms with Crippen LogP contribution in [-0.4, -0.2) is 34.0 Å². The zero-order valence-corrected chi connectivity index (χ0v) is 15.3. The minimum Gasteiger partial charge on any atom is -0.545 e. The summed E-state index contributed by atoms with van der Waals surface area (Å²) in [6, 6.07) is 13.1. The Balaban J connectivity index is 1.67. The minimum atomic E-state index is -1.31. The standard InChI is InChI=1S/C19H18N2O5S/c1-2-26-15-8-6-14(7-9-15)20-16-17(22)21(19(25)27-16)11-12-4-3-5-13(10-12)18(23)24/h3-10,16,20H,2,11H2,1H3,(H,23,24)/p-1. The third-order valence-corrected chi connectivity index (χ3v) is 4.87. The molecule has 1 aliphatic rings. The number of nitrogens with zero attached hydrogens (tertiary/aromatic N) is 1. The van der Waals surface area contributed by atoms with Crippen molar-refractivity contribution in [2.75, 3.05) is 11.9 Å². The van der Waals surface area contributed by atoms with E-state index in [1.54, 1.807) is 36.4 Å². The van der Waals surface area contributed by atoms with Crippen molar-refractivity contribution in [3.63, 3.8) is 0 Å². The van der Waals surface area contributed by atoms with Crippen LogP contribution in [0.2, 0.25) is 0 Å². The molecule has 2 aromatic rings. The highest BCUT2D eigenvalue weighted by atomic mass is 32.2. The average molecular weight is 385 g/mol. The summed E-state index contributed by atoms with van der Waals surface area (Å²) in [4.78, 5) is 36.9. The van der Waals surface area contributed by atoms with Gasteiger partial charge in [-0.1, -0.05) is 18.2 Å². The molecule has 0 aliphatic carbocycles. The van der Waals surface area contributed by atoms with Gasteiger partial charge in [0.25, 0.3) is 11.1 Å². The van der Waals surface area contributed by atoms with E-state index in [-0.39, 0.29) is 23.3 Å². The molecule has 1 saturated heterocycles. The summed E-state index contributed by atoms with van der Waals surface area (Å²) in [5.41, 5.74) is 1.24. The van der Waals surface area contributed by atoms with Crippen molar-refractivity contribution in [1.29, 1.82) is 0 Å². The molecule has 3 rings (SSSR count). The Bertz CT molecular complexity index is 869. The highest BCUT2D eigenvalue weighted by molar-refractivity contribution is 8.15. The zero-order chi connectivity index (χ0) is 19.4. The van der Waals surface area contributed by atoms with Gasteiger partial charge in [0.1, 0.15) is 5.75 Å². The third-order valence-electron chi connectivity index (χ3n) is 3.90. The lowest BCUT2D eigenvalue weighted by atomic mass is 10.1. The Morgan fingerprint density at radius 1 is 1.22 bits per heavy atom. The van der Waals surface area contributed by atoms with Crippen molar-refractivity contribution in [2.24, 2.45) is 0 Å². The first-order chi connectivity index (χ1) is 13.0. The fraction of sp³-hybridized carbons (Fsp3) is 0.211. The smallest absolute Gasteiger partial charge is 0.291 e. The number of carbonyl (C=O) groups excluding carboxylic acids is 3. The molecule has 0 radical (unpaired) electrons. The molecule has 27 heavy (non-hydrogen) atoms. The van der Waals surface area contributed by atoms with E-state index in [1.165, 1.54) is 12.1 Å². The van der Waals surface area contributed by atoms with Gasteiger partial charge in [-0.05, 0) is 60.1 Å². The lowest BCUT2D eigenvalue weighted by Gasteiger charge is -2.16. The van der Waals surface area contributed by atoms with Crippen molar-refractivity contribution in [2.45, 2.75) is 18.8 Å². The number of thioether (sulfide) groups is 1. The van der Waals surface area contributed by atoms with Crippen molar-refractivity contribution >= 4 is 34.6 Å². The Morgan fingerprint density at radius 2 is 1.96 bits per heavy atom. The van der Waals surface area contributed by atoms with Gasteiger partial charge in [0.2, 0.25) is 0 Å². The number of anilines is 1. The number of aromatic carboxylic acids is 1. The molecule has 7 nitrogen and oxygen atoms in total. The number of carboxylic acid groups (broad SMARTS) is 1. The van der Waals surface area contributed by atoms with Crippen LogP contribution in [0.5, 0.6) is 5.75 Å². The summed E-state index contributed by atoms with van der Waals surface area (Å²) in [6.07, 6.45) is 0. The summed E-state index contributed by atoms with van der Waals surface area (Å²) >= 11 is 0.887. The highest BCUT2D eigenvalue weighted by Crippen LogP contribution is 2.30. The first-order valence-corrected chi connectivity index (χ1v) is 9.17. The van der Waals surface area contributed by atoms with Gasteiger partial charge in [0.05, 0.1) is 19.1 Å². The maximum atomic E-state index is 12.6. The molecule has 1 heterocycles. The van der Waals surface area contributed by atoms with Crippen LogP contribution in [0.3, 0.4) is 0 Å². The van der Waals surface area contributed by atoms with E-state index in [2.05, 4.69) is 5.32 Å². The third kappa shape index (κ3) is 4.40. The number of amides is 2. The number of hydrogen-bond donors (Lipinski definition) is 1. The van der Waals surface area contributed by atoms with E-state index in [9.17, 15) is 19.5 Å². The van der Waals surface area contributed by atoms with E-state index >= 15 is 0 Å². The molecule has 0 saturated carbocycles. The first kappa shape index (κ1) is 18.8. The Hall–Kier alpha value is -3.00. The quantitative estimate of drug-likeness (QED) is 0.779. The van der Waals surface area contributed by atoms with E-state index in [0.717, 1.165) is 22.4 Å². The number of nitrogens with one attached hydrogen (secondary N) is 1. The van der Waals surface area contributed by atoms with Gasteiger partial charge in [-0.2, -0.15) is 0 Å². The van der Waals surface area contributed by atoms with Gasteiger partial charge < -0.3 is 20.0 Å². The van der Waals surface area contributed by atoms with Gasteiger partial charge in [-0.25, -0.2) is 0 Å². The molecule has 1 atom stereocenters. The fourth-order valence-corrected chi connectivity index (χ4v) is 3.53. The number of benzene rings is 2. The predicted molar refractivity (Wildman–Crippen MR) is 99.3 cm³/mol. The SMILES string of the molecule is CCOc1ccc(NC2SC(=O)N(Cc3cccc(C(=O)[O-])c3)C2=O)cc1. The summed E-state index contributed by atoms with van der Waals surface area (Å²) in [5, 5.41) is 12.9. The average Bonchev–Trinajstić information content (AvgIpc) is 2.91. The molecule has 8 heteroatoms. The fourth-order valence-electron chi connectivity index (χ4n) is 2.62. The highest BCUT2D eigenvalue weighted by Gasteiger charge is 2.39. The van der Waals surface area contributed by atoms with Crippen molar-refractivity contribution in [3.8, 4) is 5.75 Å². The molecule has 1 unspecified atom stereocenters. The Labute approximate surface area is 160 Å². The van der Waals surface area contributed by atoms with Crippen LogP contribution in [0.15, 0.2) is 48.5 Å². The second kappa shape index (κ2) is 8.13. The van der Waals surface area contributed by atoms with Crippen LogP contribution in [-0.2, 0) is 11.3 Å². The topological polar surface area (TPSA) is 98.8 Å². The van der Waals surface area contributed by atoms with E-state index in [1.807, 2.05) is 6.92 Å². The van der Waals surface area contributed by atoms with Gasteiger partial charge >= 0.3 is 0 Å². The molecule has 1 N–H and O–H groups in total. The van der Waals surface area contributed by atoms with Crippen molar-refractivity contribution < 1.29 is 24.2 Å². The zero-order valence-electron chi connectivity index (χ0n) is 14.5. The number of carbonyl (C=O) groups is 3. The first-order valence-electron chi connectivity index (χ1n) is 8.29. The van der Waals surface area contributed by atoms with Gasteiger partial charge in [0, 0.05) is 5.69 Å². The Morgan fingerprint density at radius 3 is 2.63 bits per heavy atom. The monoisotopic (exact) mass is 385 g/mol. The van der Waals surface area contributed by atoms with Gasteiger partial charge in [-0.15, -0.1) is 0 Å². The maximum absolute atomic E-state index is 12.6. The molecule has 0 bridgehead atoms. The van der Waals surface area contributed by atoms with Gasteiger partial charge in [0.15, 0.2) is 5.37 Å². The summed E-state index contributed by atoms with van der Waals surface area (Å²) in [7, 11) is 0. The largest absolute Gasteiger partial charge is 0.545 e. The van der Waals surface area contributed by atoms with Crippen LogP contribution in [0.1, 0.15) is 22.8 Å². The molecule has 2 aromatic carbocycles. The summed E-state index contributed by atoms with van der Waals surface area (Å²) in [5.74, 6) is -0.961. The molecule has 140 valence electrons. The van der Waals surface area contributed by atoms with E-state index in [4.69, 9.17) is 4.74 Å². The molecule has 0 spiro atoms. The number of carboxylic acids is 1.